The van der Waals surface area contributed by atoms with E-state index < -0.39 is 46.2 Å². The molecule has 8 bridgehead atoms. The maximum Gasteiger partial charge on any atom is 0.249 e. The van der Waals surface area contributed by atoms with E-state index in [4.69, 9.17) is 0 Å². The van der Waals surface area contributed by atoms with E-state index in [1.54, 1.807) is 60.0 Å². The number of amides is 4. The minimum absolute atomic E-state index is 0.0500. The van der Waals surface area contributed by atoms with Crippen molar-refractivity contribution in [2.24, 2.45) is 63.7 Å². The number of halogens is 6. The maximum atomic E-state index is 14.6. The molecule has 16 aliphatic rings. The number of hydrogen-bond donors (Lipinski definition) is 0. The Morgan fingerprint density at radius 2 is 0.632 bits per heavy atom. The van der Waals surface area contributed by atoms with Gasteiger partial charge in [0.05, 0.1) is 92.7 Å². The molecule has 8 aromatic carbocycles. The van der Waals surface area contributed by atoms with Gasteiger partial charge >= 0.3 is 0 Å². The summed E-state index contributed by atoms with van der Waals surface area (Å²) >= 11 is 0. The molecule has 12 fully saturated rings. The third-order valence-electron chi connectivity index (χ3n) is 29.7. The molecule has 28 rings (SSSR count). The molecule has 4 aromatic heterocycles. The van der Waals surface area contributed by atoms with Crippen molar-refractivity contribution in [1.29, 1.82) is 0 Å². The molecule has 20 nitrogen and oxygen atoms in total. The molecule has 4 unspecified atom stereocenters. The molecule has 12 saturated carbocycles. The van der Waals surface area contributed by atoms with Crippen LogP contribution in [0.1, 0.15) is 188 Å². The van der Waals surface area contributed by atoms with Crippen LogP contribution in [0.2, 0.25) is 0 Å². The normalized spacial score (nSPS) is 28.5. The van der Waals surface area contributed by atoms with Gasteiger partial charge in [-0.15, -0.1) is 0 Å². The summed E-state index contributed by atoms with van der Waals surface area (Å²) in [5, 5.41) is 46.1. The van der Waals surface area contributed by atoms with Crippen molar-refractivity contribution in [3.8, 4) is 0 Å². The van der Waals surface area contributed by atoms with Gasteiger partial charge < -0.3 is 0 Å². The fraction of sp³-hybridized carbons (Fsp3) is 0.394. The van der Waals surface area contributed by atoms with E-state index in [1.165, 1.54) is 69.5 Å². The Labute approximate surface area is 718 Å². The first kappa shape index (κ1) is 79.9. The van der Waals surface area contributed by atoms with Crippen LogP contribution >= 0.6 is 0 Å². The van der Waals surface area contributed by atoms with Crippen LogP contribution < -0.4 is 0 Å². The summed E-state index contributed by atoms with van der Waals surface area (Å²) in [6.45, 7) is 16.7. The highest BCUT2D eigenvalue weighted by molar-refractivity contribution is 5.92. The van der Waals surface area contributed by atoms with E-state index in [2.05, 4.69) is 151 Å². The number of carbonyl (C=O) groups is 4. The maximum absolute atomic E-state index is 14.6. The van der Waals surface area contributed by atoms with E-state index in [9.17, 15) is 45.5 Å². The van der Waals surface area contributed by atoms with Gasteiger partial charge in [-0.3, -0.25) is 37.9 Å². The summed E-state index contributed by atoms with van der Waals surface area (Å²) in [4.78, 5) is 53.6. The van der Waals surface area contributed by atoms with Crippen molar-refractivity contribution < 1.29 is 45.5 Å². The van der Waals surface area contributed by atoms with Gasteiger partial charge in [0.25, 0.3) is 0 Å². The number of aromatic nitrogens is 8. The summed E-state index contributed by atoms with van der Waals surface area (Å²) in [6, 6.07) is 40.7. The first-order chi connectivity index (χ1) is 59.9. The molecule has 0 saturated heterocycles. The summed E-state index contributed by atoms with van der Waals surface area (Å²) in [5.74, 6) is -3.25. The van der Waals surface area contributed by atoms with E-state index >= 15 is 0 Å². The first-order valence-electron chi connectivity index (χ1n) is 43.5. The Bertz CT molecular complexity index is 6590. The fourth-order valence-electron chi connectivity index (χ4n) is 24.0. The van der Waals surface area contributed by atoms with Gasteiger partial charge in [0.2, 0.25) is 23.6 Å². The smallest absolute Gasteiger partial charge is 0.249 e. The largest absolute Gasteiger partial charge is 0.272 e. The topological polar surface area (TPSA) is 202 Å². The lowest BCUT2D eigenvalue weighted by atomic mass is 9.34. The molecule has 26 heteroatoms. The van der Waals surface area contributed by atoms with E-state index in [-0.39, 0.29) is 96.5 Å². The second-order valence-corrected chi connectivity index (χ2v) is 39.3. The molecular weight excluding hydrogens is 1590 g/mol. The summed E-state index contributed by atoms with van der Waals surface area (Å²) in [7, 11) is 0. The Morgan fingerprint density at radius 1 is 0.312 bits per heavy atom. The predicted molar refractivity (Wildman–Crippen MR) is 463 cm³/mol. The standard InChI is InChI=1S/C25H24F2N4O.2C25H25FN4O.C24H22F2N4O/c1-15-3-4-21-17(7-15)10-29-30(21)14-24-11-25(12-24,13-24)23(32)31-22(5-6-28-31)18-9-19(26)16(2)8-20(18)27;1-16-3-6-21-19(9-16)11-28-29(21)15-24-12-25(13-24,14-24)23(31)30-22(7-8-27-30)18-5-4-17(2)20(26)10-18;1-16-4-6-21-18(9-16)11-28-29(21)15-24-12-25(13-24,14-24)23(31)30-22(7-8-27-30)19-5-3-17(2)10-20(19)26;1-15-5-6-19-16(9-15)10-28-29(19)14-23-11-24(12-23,13-23)22(31)30-20(7-8-27-30)17-3-2-4-18(25)21(17)26/h3-4,6-10,22H,5,11-14H2,1-2H3;2*3-6,8-11,22H,7,12-15H2,1-2H3;2-6,8-10,20H,7,11-14H2,1H3. The quantitative estimate of drug-likeness (QED) is 0.0850. The lowest BCUT2D eigenvalue weighted by molar-refractivity contribution is -0.223. The lowest BCUT2D eigenvalue weighted by Crippen LogP contribution is -2.68. The Morgan fingerprint density at radius 3 is 1.00 bits per heavy atom. The summed E-state index contributed by atoms with van der Waals surface area (Å²) < 4.78 is 93.7. The molecular formula is C99H96F6N16O4. The van der Waals surface area contributed by atoms with Gasteiger partial charge in [-0.1, -0.05) is 82.9 Å². The van der Waals surface area contributed by atoms with E-state index in [0.717, 1.165) is 164 Å². The molecule has 12 aromatic rings. The van der Waals surface area contributed by atoms with Gasteiger partial charge in [0.15, 0.2) is 11.6 Å². The zero-order valence-electron chi connectivity index (χ0n) is 70.9. The van der Waals surface area contributed by atoms with Crippen molar-refractivity contribution in [2.75, 3.05) is 0 Å². The highest BCUT2D eigenvalue weighted by Crippen LogP contribution is 2.78. The second kappa shape index (κ2) is 28.9. The zero-order valence-corrected chi connectivity index (χ0v) is 70.9. The predicted octanol–water partition coefficient (Wildman–Crippen LogP) is 19.7. The van der Waals surface area contributed by atoms with Crippen LogP contribution in [0.5, 0.6) is 0 Å². The molecule has 0 radical (unpaired) electrons. The molecule has 0 N–H and O–H groups in total. The number of hydrogen-bond acceptors (Lipinski definition) is 12. The number of rotatable bonds is 16. The van der Waals surface area contributed by atoms with Gasteiger partial charge in [0, 0.05) is 115 Å². The summed E-state index contributed by atoms with van der Waals surface area (Å²) in [5.41, 5.74) is 11.9. The average molecular weight is 1690 g/mol. The van der Waals surface area contributed by atoms with Crippen LogP contribution in [0.4, 0.5) is 26.3 Å². The Kier molecular flexibility index (Phi) is 18.5. The SMILES string of the molecule is Cc1ccc(C2CC=NN2C(=O)C23CC(Cn4ncc5cc(C)ccc54)(C2)C3)c(F)c1.Cc1ccc2c(cnn2CC23CC(C(=O)N4N=CCC4c4cc(F)c(C)cc4F)(C2)C3)c1.Cc1ccc2c(cnn2CC23CC(C(=O)N4N=CCC4c4ccc(C)c(F)c4)(C2)C3)c1.Cc1ccc2c(cnn2CC23CC(C(=O)N4N=CCC4c4cccc(F)c4F)(C2)C3)c1. The van der Waals surface area contributed by atoms with Crippen LogP contribution in [-0.2, 0) is 45.4 Å². The Balaban J connectivity index is 0.000000102. The fourth-order valence-corrected chi connectivity index (χ4v) is 24.0. The number of hydrazone groups is 4. The lowest BCUT2D eigenvalue weighted by Gasteiger charge is -2.69. The van der Waals surface area contributed by atoms with Gasteiger partial charge in [0.1, 0.15) is 23.3 Å². The minimum atomic E-state index is -0.900. The molecule has 0 spiro atoms. The zero-order chi connectivity index (χ0) is 86.4. The van der Waals surface area contributed by atoms with Gasteiger partial charge in [-0.2, -0.15) is 40.8 Å². The molecule has 4 atom stereocenters. The van der Waals surface area contributed by atoms with Gasteiger partial charge in [-0.25, -0.2) is 46.4 Å². The van der Waals surface area contributed by atoms with Crippen LogP contribution in [0.3, 0.4) is 0 Å². The van der Waals surface area contributed by atoms with Crippen molar-refractivity contribution >= 4 is 92.1 Å². The second-order valence-electron chi connectivity index (χ2n) is 39.3. The number of aryl methyl sites for hydroxylation is 7. The highest BCUT2D eigenvalue weighted by atomic mass is 19.2. The van der Waals surface area contributed by atoms with Gasteiger partial charge in [-0.05, 0) is 248 Å². The third-order valence-corrected chi connectivity index (χ3v) is 29.7. The van der Waals surface area contributed by atoms with Crippen LogP contribution in [0, 0.1) is 127 Å². The van der Waals surface area contributed by atoms with Crippen LogP contribution in [-0.4, -0.2) is 108 Å². The number of nitrogens with zero attached hydrogens (tertiary/aromatic N) is 16. The molecule has 8 heterocycles. The number of fused-ring (bicyclic) bond motifs is 4. The molecule has 4 aliphatic heterocycles. The number of benzene rings is 8. The van der Waals surface area contributed by atoms with Crippen molar-refractivity contribution in [3.63, 3.8) is 0 Å². The highest BCUT2D eigenvalue weighted by Gasteiger charge is 2.76. The molecule has 12 aliphatic carbocycles. The van der Waals surface area contributed by atoms with Crippen molar-refractivity contribution in [2.45, 2.75) is 202 Å². The first-order valence-corrected chi connectivity index (χ1v) is 43.5. The minimum Gasteiger partial charge on any atom is -0.272 e. The van der Waals surface area contributed by atoms with Crippen LogP contribution in [0.15, 0.2) is 185 Å². The van der Waals surface area contributed by atoms with E-state index in [0.29, 0.717) is 36.8 Å². The summed E-state index contributed by atoms with van der Waals surface area (Å²) in [6.07, 6.45) is 26.3. The average Bonchev–Trinajstić information content (AvgIpc) is 0.732. The third kappa shape index (κ3) is 13.2. The Hall–Kier alpha value is -12.2. The molecule has 125 heavy (non-hydrogen) atoms. The van der Waals surface area contributed by atoms with E-state index in [1.807, 2.05) is 53.2 Å². The van der Waals surface area contributed by atoms with Crippen molar-refractivity contribution in [1.82, 2.24) is 59.2 Å². The van der Waals surface area contributed by atoms with Crippen LogP contribution in [0.25, 0.3) is 43.6 Å². The monoisotopic (exact) mass is 1690 g/mol. The molecule has 4 amide bonds. The van der Waals surface area contributed by atoms with Crippen molar-refractivity contribution in [3.05, 3.63) is 260 Å². The molecule has 638 valence electrons. The number of carbonyl (C=O) groups excluding carboxylic acids is 4.